The summed E-state index contributed by atoms with van der Waals surface area (Å²) in [5.74, 6) is -1.18. The van der Waals surface area contributed by atoms with Crippen molar-refractivity contribution in [2.75, 3.05) is 6.54 Å². The van der Waals surface area contributed by atoms with Crippen molar-refractivity contribution in [3.63, 3.8) is 0 Å². The van der Waals surface area contributed by atoms with Crippen molar-refractivity contribution in [3.05, 3.63) is 35.4 Å². The van der Waals surface area contributed by atoms with Crippen LogP contribution in [0, 0.1) is 6.92 Å². The van der Waals surface area contributed by atoms with Gasteiger partial charge in [-0.3, -0.25) is 4.79 Å². The van der Waals surface area contributed by atoms with Crippen LogP contribution in [0.1, 0.15) is 29.9 Å². The van der Waals surface area contributed by atoms with Gasteiger partial charge in [-0.15, -0.1) is 0 Å². The van der Waals surface area contributed by atoms with Crippen molar-refractivity contribution < 1.29 is 9.90 Å². The number of carboxylic acids is 1. The van der Waals surface area contributed by atoms with E-state index in [2.05, 4.69) is 5.32 Å². The van der Waals surface area contributed by atoms with E-state index in [-0.39, 0.29) is 0 Å². The molecule has 1 aliphatic carbocycles. The maximum Gasteiger partial charge on any atom is 0.312 e. The van der Waals surface area contributed by atoms with Crippen LogP contribution < -0.4 is 5.32 Å². The highest BCUT2D eigenvalue weighted by Gasteiger charge is 2.26. The van der Waals surface area contributed by atoms with Crippen LogP contribution in [0.3, 0.4) is 0 Å². The SMILES string of the molecule is Cc1ccccc1C(CNC1CC1)C(=O)O. The molecule has 2 rings (SSSR count). The molecule has 1 unspecified atom stereocenters. The van der Waals surface area contributed by atoms with Gasteiger partial charge in [-0.05, 0) is 30.9 Å². The van der Waals surface area contributed by atoms with E-state index in [1.54, 1.807) is 0 Å². The molecule has 2 N–H and O–H groups in total. The molecule has 3 nitrogen and oxygen atoms in total. The van der Waals surface area contributed by atoms with Gasteiger partial charge in [0.2, 0.25) is 0 Å². The fraction of sp³-hybridized carbons (Fsp3) is 0.462. The summed E-state index contributed by atoms with van der Waals surface area (Å²) in [5.41, 5.74) is 1.97. The molecule has 0 bridgehead atoms. The Kier molecular flexibility index (Phi) is 3.25. The first-order valence-electron chi connectivity index (χ1n) is 5.70. The molecule has 1 aliphatic rings. The van der Waals surface area contributed by atoms with Gasteiger partial charge in [0.15, 0.2) is 0 Å². The van der Waals surface area contributed by atoms with E-state index in [9.17, 15) is 9.90 Å². The molecule has 16 heavy (non-hydrogen) atoms. The fourth-order valence-corrected chi connectivity index (χ4v) is 1.88. The summed E-state index contributed by atoms with van der Waals surface area (Å²) in [6, 6.07) is 8.25. The van der Waals surface area contributed by atoms with Crippen LogP contribution in [0.2, 0.25) is 0 Å². The van der Waals surface area contributed by atoms with Gasteiger partial charge in [-0.25, -0.2) is 0 Å². The van der Waals surface area contributed by atoms with Crippen LogP contribution in [-0.2, 0) is 4.79 Å². The van der Waals surface area contributed by atoms with Crippen LogP contribution in [0.25, 0.3) is 0 Å². The summed E-state index contributed by atoms with van der Waals surface area (Å²) in [7, 11) is 0. The van der Waals surface area contributed by atoms with Gasteiger partial charge in [-0.1, -0.05) is 24.3 Å². The molecule has 1 fully saturated rings. The first-order valence-corrected chi connectivity index (χ1v) is 5.70. The largest absolute Gasteiger partial charge is 0.481 e. The van der Waals surface area contributed by atoms with Crippen LogP contribution in [-0.4, -0.2) is 23.7 Å². The Morgan fingerprint density at radius 3 is 2.75 bits per heavy atom. The second-order valence-electron chi connectivity index (χ2n) is 4.43. The molecule has 1 atom stereocenters. The summed E-state index contributed by atoms with van der Waals surface area (Å²) in [6.45, 7) is 2.49. The first-order chi connectivity index (χ1) is 7.68. The summed E-state index contributed by atoms with van der Waals surface area (Å²) < 4.78 is 0. The number of hydrogen-bond donors (Lipinski definition) is 2. The molecule has 1 saturated carbocycles. The monoisotopic (exact) mass is 219 g/mol. The summed E-state index contributed by atoms with van der Waals surface area (Å²) >= 11 is 0. The number of hydrogen-bond acceptors (Lipinski definition) is 2. The smallest absolute Gasteiger partial charge is 0.312 e. The Morgan fingerprint density at radius 1 is 1.50 bits per heavy atom. The highest BCUT2D eigenvalue weighted by Crippen LogP contribution is 2.23. The number of carboxylic acid groups (broad SMARTS) is 1. The average molecular weight is 219 g/mol. The Morgan fingerprint density at radius 2 is 2.19 bits per heavy atom. The third-order valence-electron chi connectivity index (χ3n) is 3.05. The number of carbonyl (C=O) groups is 1. The van der Waals surface area contributed by atoms with Gasteiger partial charge in [-0.2, -0.15) is 0 Å². The van der Waals surface area contributed by atoms with Gasteiger partial charge in [0, 0.05) is 12.6 Å². The Balaban J connectivity index is 2.11. The molecule has 1 aromatic rings. The predicted molar refractivity (Wildman–Crippen MR) is 62.6 cm³/mol. The number of aryl methyl sites for hydroxylation is 1. The summed E-state index contributed by atoms with van der Waals surface area (Å²) in [4.78, 5) is 11.2. The molecule has 0 aliphatic heterocycles. The molecule has 0 saturated heterocycles. The Hall–Kier alpha value is -1.35. The lowest BCUT2D eigenvalue weighted by Gasteiger charge is -2.15. The Bertz CT molecular complexity index is 385. The maximum atomic E-state index is 11.2. The lowest BCUT2D eigenvalue weighted by molar-refractivity contribution is -0.138. The quantitative estimate of drug-likeness (QED) is 0.795. The van der Waals surface area contributed by atoms with E-state index >= 15 is 0 Å². The number of rotatable bonds is 5. The van der Waals surface area contributed by atoms with Gasteiger partial charge in [0.05, 0.1) is 5.92 Å². The zero-order valence-corrected chi connectivity index (χ0v) is 9.44. The van der Waals surface area contributed by atoms with Crippen molar-refractivity contribution >= 4 is 5.97 Å². The minimum atomic E-state index is -0.748. The summed E-state index contributed by atoms with van der Waals surface area (Å²) in [6.07, 6.45) is 2.36. The minimum Gasteiger partial charge on any atom is -0.481 e. The lowest BCUT2D eigenvalue weighted by Crippen LogP contribution is -2.28. The molecular formula is C13H17NO2. The van der Waals surface area contributed by atoms with E-state index in [4.69, 9.17) is 0 Å². The average Bonchev–Trinajstić information content (AvgIpc) is 3.04. The van der Waals surface area contributed by atoms with Gasteiger partial charge < -0.3 is 10.4 Å². The van der Waals surface area contributed by atoms with Crippen molar-refractivity contribution in [3.8, 4) is 0 Å². The Labute approximate surface area is 95.5 Å². The van der Waals surface area contributed by atoms with Crippen molar-refractivity contribution in [1.29, 1.82) is 0 Å². The highest BCUT2D eigenvalue weighted by atomic mass is 16.4. The van der Waals surface area contributed by atoms with Crippen LogP contribution in [0.5, 0.6) is 0 Å². The molecule has 0 amide bonds. The van der Waals surface area contributed by atoms with E-state index in [1.165, 1.54) is 12.8 Å². The zero-order valence-electron chi connectivity index (χ0n) is 9.44. The van der Waals surface area contributed by atoms with Gasteiger partial charge >= 0.3 is 5.97 Å². The first kappa shape index (κ1) is 11.1. The molecular weight excluding hydrogens is 202 g/mol. The molecule has 0 spiro atoms. The second-order valence-corrected chi connectivity index (χ2v) is 4.43. The van der Waals surface area contributed by atoms with E-state index in [0.717, 1.165) is 11.1 Å². The zero-order chi connectivity index (χ0) is 11.5. The van der Waals surface area contributed by atoms with Crippen molar-refractivity contribution in [2.45, 2.75) is 31.7 Å². The van der Waals surface area contributed by atoms with Crippen LogP contribution >= 0.6 is 0 Å². The van der Waals surface area contributed by atoms with Crippen LogP contribution in [0.4, 0.5) is 0 Å². The molecule has 3 heteroatoms. The third kappa shape index (κ3) is 2.61. The minimum absolute atomic E-state index is 0.429. The molecule has 86 valence electrons. The molecule has 0 aromatic heterocycles. The number of aliphatic carboxylic acids is 1. The van der Waals surface area contributed by atoms with Crippen LogP contribution in [0.15, 0.2) is 24.3 Å². The van der Waals surface area contributed by atoms with Crippen molar-refractivity contribution in [1.82, 2.24) is 5.32 Å². The number of nitrogens with one attached hydrogen (secondary N) is 1. The molecule has 0 heterocycles. The predicted octanol–water partition coefficient (Wildman–Crippen LogP) is 1.92. The van der Waals surface area contributed by atoms with Gasteiger partial charge in [0.25, 0.3) is 0 Å². The lowest BCUT2D eigenvalue weighted by atomic mass is 9.95. The highest BCUT2D eigenvalue weighted by molar-refractivity contribution is 5.77. The van der Waals surface area contributed by atoms with Gasteiger partial charge in [0.1, 0.15) is 0 Å². The van der Waals surface area contributed by atoms with E-state index < -0.39 is 11.9 Å². The second kappa shape index (κ2) is 4.66. The third-order valence-corrected chi connectivity index (χ3v) is 3.05. The maximum absolute atomic E-state index is 11.2. The van der Waals surface area contributed by atoms with E-state index in [1.807, 2.05) is 31.2 Å². The molecule has 1 aromatic carbocycles. The summed E-state index contributed by atoms with van der Waals surface area (Å²) in [5, 5.41) is 12.5. The number of benzene rings is 1. The topological polar surface area (TPSA) is 49.3 Å². The fourth-order valence-electron chi connectivity index (χ4n) is 1.88. The normalized spacial score (nSPS) is 17.1. The van der Waals surface area contributed by atoms with Crippen molar-refractivity contribution in [2.24, 2.45) is 0 Å². The standard InChI is InChI=1S/C13H17NO2/c1-9-4-2-3-5-11(9)12(13(15)16)8-14-10-6-7-10/h2-5,10,12,14H,6-8H2,1H3,(H,15,16). The molecule has 0 radical (unpaired) electrons. The van der Waals surface area contributed by atoms with E-state index in [0.29, 0.717) is 12.6 Å².